The number of nitrogens with zero attached hydrogens (tertiary/aromatic N) is 3. The maximum atomic E-state index is 12.3. The van der Waals surface area contributed by atoms with E-state index >= 15 is 0 Å². The second kappa shape index (κ2) is 7.72. The first-order chi connectivity index (χ1) is 10.8. The lowest BCUT2D eigenvalue weighted by Crippen LogP contribution is -2.35. The number of rotatable bonds is 4. The van der Waals surface area contributed by atoms with Crippen molar-refractivity contribution in [3.05, 3.63) is 50.8 Å². The second-order valence-electron chi connectivity index (χ2n) is 4.57. The fourth-order valence-corrected chi connectivity index (χ4v) is 2.42. The van der Waals surface area contributed by atoms with Crippen LogP contribution in [0.15, 0.2) is 34.9 Å². The Balaban J connectivity index is 1.99. The van der Waals surface area contributed by atoms with Crippen molar-refractivity contribution in [3.8, 4) is 0 Å². The number of likely N-dealkylation sites (N-methyl/N-ethyl adjacent to an activating group) is 1. The summed E-state index contributed by atoms with van der Waals surface area (Å²) in [4.78, 5) is 33.3. The molecule has 0 spiro atoms. The summed E-state index contributed by atoms with van der Waals surface area (Å²) in [6, 6.07) is 6.17. The van der Waals surface area contributed by atoms with Gasteiger partial charge in [-0.3, -0.25) is 9.59 Å². The number of pyridine rings is 2. The van der Waals surface area contributed by atoms with Gasteiger partial charge in [-0.05, 0) is 40.2 Å². The van der Waals surface area contributed by atoms with Crippen LogP contribution < -0.4 is 5.32 Å². The molecule has 2 aromatic rings. The SMILES string of the molecule is CN(CC(=O)Nc1ccc(Br)cn1)C(=O)c1cc(Cl)nc(Cl)c1. The van der Waals surface area contributed by atoms with Gasteiger partial charge in [-0.1, -0.05) is 23.2 Å². The van der Waals surface area contributed by atoms with E-state index < -0.39 is 5.91 Å². The summed E-state index contributed by atoms with van der Waals surface area (Å²) in [6.07, 6.45) is 1.56. The van der Waals surface area contributed by atoms with E-state index in [1.165, 1.54) is 24.1 Å². The number of aromatic nitrogens is 2. The highest BCUT2D eigenvalue weighted by Crippen LogP contribution is 2.16. The Hall–Kier alpha value is -1.70. The van der Waals surface area contributed by atoms with Crippen LogP contribution in [0.5, 0.6) is 0 Å². The van der Waals surface area contributed by atoms with Crippen LogP contribution in [0.3, 0.4) is 0 Å². The maximum absolute atomic E-state index is 12.3. The molecule has 9 heteroatoms. The van der Waals surface area contributed by atoms with E-state index in [9.17, 15) is 9.59 Å². The quantitative estimate of drug-likeness (QED) is 0.774. The molecule has 0 saturated carbocycles. The number of anilines is 1. The lowest BCUT2D eigenvalue weighted by atomic mass is 10.2. The Labute approximate surface area is 150 Å². The Morgan fingerprint density at radius 1 is 1.26 bits per heavy atom. The molecule has 0 fully saturated rings. The van der Waals surface area contributed by atoms with E-state index in [4.69, 9.17) is 23.2 Å². The molecule has 2 amide bonds. The summed E-state index contributed by atoms with van der Waals surface area (Å²) in [6.45, 7) is -0.145. The average Bonchev–Trinajstić information content (AvgIpc) is 2.47. The van der Waals surface area contributed by atoms with Crippen LogP contribution in [0.4, 0.5) is 5.82 Å². The summed E-state index contributed by atoms with van der Waals surface area (Å²) in [5, 5.41) is 2.82. The molecule has 1 N–H and O–H groups in total. The minimum absolute atomic E-state index is 0.109. The number of carbonyl (C=O) groups excluding carboxylic acids is 2. The zero-order valence-corrected chi connectivity index (χ0v) is 15.0. The van der Waals surface area contributed by atoms with Gasteiger partial charge in [0.05, 0.1) is 6.54 Å². The van der Waals surface area contributed by atoms with Gasteiger partial charge < -0.3 is 10.2 Å². The molecule has 2 heterocycles. The van der Waals surface area contributed by atoms with E-state index in [1.54, 1.807) is 18.3 Å². The predicted molar refractivity (Wildman–Crippen MR) is 91.8 cm³/mol. The molecule has 2 rings (SSSR count). The number of hydrogen-bond acceptors (Lipinski definition) is 4. The molecule has 0 aromatic carbocycles. The van der Waals surface area contributed by atoms with Crippen LogP contribution in [0.2, 0.25) is 10.3 Å². The molecule has 0 aliphatic rings. The van der Waals surface area contributed by atoms with Crippen LogP contribution in [-0.2, 0) is 4.79 Å². The van der Waals surface area contributed by atoms with Crippen molar-refractivity contribution in [3.63, 3.8) is 0 Å². The van der Waals surface area contributed by atoms with Crippen molar-refractivity contribution in [2.45, 2.75) is 0 Å². The van der Waals surface area contributed by atoms with Gasteiger partial charge in [0.1, 0.15) is 16.1 Å². The second-order valence-corrected chi connectivity index (χ2v) is 6.26. The first-order valence-corrected chi connectivity index (χ1v) is 7.90. The Morgan fingerprint density at radius 2 is 1.91 bits per heavy atom. The highest BCUT2D eigenvalue weighted by molar-refractivity contribution is 9.10. The van der Waals surface area contributed by atoms with Gasteiger partial charge in [0.2, 0.25) is 5.91 Å². The fourth-order valence-electron chi connectivity index (χ4n) is 1.73. The predicted octanol–water partition coefficient (Wildman–Crippen LogP) is 3.26. The molecule has 0 aliphatic carbocycles. The zero-order chi connectivity index (χ0) is 17.0. The molecule has 6 nitrogen and oxygen atoms in total. The van der Waals surface area contributed by atoms with E-state index in [2.05, 4.69) is 31.2 Å². The standard InChI is InChI=1S/C14H11BrCl2N4O2/c1-21(14(23)8-4-10(16)19-11(17)5-8)7-13(22)20-12-3-2-9(15)6-18-12/h2-6H,7H2,1H3,(H,18,20,22). The highest BCUT2D eigenvalue weighted by atomic mass is 79.9. The number of hydrogen-bond donors (Lipinski definition) is 1. The third-order valence-electron chi connectivity index (χ3n) is 2.73. The molecular weight excluding hydrogens is 407 g/mol. The van der Waals surface area contributed by atoms with E-state index in [0.29, 0.717) is 5.82 Å². The topological polar surface area (TPSA) is 75.2 Å². The normalized spacial score (nSPS) is 10.3. The van der Waals surface area contributed by atoms with Crippen LogP contribution in [0.1, 0.15) is 10.4 Å². The molecule has 0 bridgehead atoms. The Morgan fingerprint density at radius 3 is 2.48 bits per heavy atom. The molecule has 0 saturated heterocycles. The van der Waals surface area contributed by atoms with Crippen molar-refractivity contribution in [2.24, 2.45) is 0 Å². The summed E-state index contributed by atoms with van der Waals surface area (Å²) < 4.78 is 0.800. The van der Waals surface area contributed by atoms with E-state index in [-0.39, 0.29) is 28.3 Å². The van der Waals surface area contributed by atoms with Crippen molar-refractivity contribution in [1.29, 1.82) is 0 Å². The monoisotopic (exact) mass is 416 g/mol. The van der Waals surface area contributed by atoms with Crippen molar-refractivity contribution >= 4 is 56.8 Å². The van der Waals surface area contributed by atoms with Crippen LogP contribution in [0.25, 0.3) is 0 Å². The highest BCUT2D eigenvalue weighted by Gasteiger charge is 2.16. The minimum atomic E-state index is -0.393. The van der Waals surface area contributed by atoms with Gasteiger partial charge in [0, 0.05) is 23.3 Å². The molecule has 0 atom stereocenters. The first-order valence-electron chi connectivity index (χ1n) is 6.35. The summed E-state index contributed by atoms with van der Waals surface area (Å²) in [5.41, 5.74) is 0.257. The molecular formula is C14H11BrCl2N4O2. The van der Waals surface area contributed by atoms with Crippen LogP contribution in [-0.4, -0.2) is 40.3 Å². The third kappa shape index (κ3) is 5.16. The van der Waals surface area contributed by atoms with Crippen molar-refractivity contribution < 1.29 is 9.59 Å². The third-order valence-corrected chi connectivity index (χ3v) is 3.59. The van der Waals surface area contributed by atoms with Gasteiger partial charge in [-0.2, -0.15) is 0 Å². The first kappa shape index (κ1) is 17.7. The number of halogens is 3. The lowest BCUT2D eigenvalue weighted by molar-refractivity contribution is -0.116. The van der Waals surface area contributed by atoms with E-state index in [0.717, 1.165) is 4.47 Å². The van der Waals surface area contributed by atoms with Crippen molar-refractivity contribution in [2.75, 3.05) is 18.9 Å². The fraction of sp³-hybridized carbons (Fsp3) is 0.143. The van der Waals surface area contributed by atoms with Crippen LogP contribution in [0, 0.1) is 0 Å². The Bertz CT molecular complexity index is 720. The molecule has 23 heavy (non-hydrogen) atoms. The molecule has 0 unspecified atom stereocenters. The van der Waals surface area contributed by atoms with Gasteiger partial charge in [0.25, 0.3) is 5.91 Å². The number of carbonyl (C=O) groups is 2. The summed E-state index contributed by atoms with van der Waals surface area (Å²) >= 11 is 14.8. The number of nitrogens with one attached hydrogen (secondary N) is 1. The Kier molecular flexibility index (Phi) is 5.92. The van der Waals surface area contributed by atoms with Gasteiger partial charge in [-0.15, -0.1) is 0 Å². The molecule has 0 aliphatic heterocycles. The molecule has 120 valence electrons. The largest absolute Gasteiger partial charge is 0.332 e. The smallest absolute Gasteiger partial charge is 0.254 e. The molecule has 2 aromatic heterocycles. The lowest BCUT2D eigenvalue weighted by Gasteiger charge is -2.17. The summed E-state index contributed by atoms with van der Waals surface area (Å²) in [7, 11) is 1.50. The number of amides is 2. The maximum Gasteiger partial charge on any atom is 0.254 e. The van der Waals surface area contributed by atoms with Gasteiger partial charge in [0.15, 0.2) is 0 Å². The van der Waals surface area contributed by atoms with Gasteiger partial charge in [-0.25, -0.2) is 9.97 Å². The van der Waals surface area contributed by atoms with Crippen LogP contribution >= 0.6 is 39.1 Å². The molecule has 0 radical (unpaired) electrons. The van der Waals surface area contributed by atoms with Gasteiger partial charge >= 0.3 is 0 Å². The van der Waals surface area contributed by atoms with E-state index in [1.807, 2.05) is 0 Å². The zero-order valence-electron chi connectivity index (χ0n) is 11.9. The minimum Gasteiger partial charge on any atom is -0.332 e. The summed E-state index contributed by atoms with van der Waals surface area (Å²) in [5.74, 6) is -0.369. The van der Waals surface area contributed by atoms with Crippen molar-refractivity contribution in [1.82, 2.24) is 14.9 Å². The average molecular weight is 418 g/mol.